The fourth-order valence-corrected chi connectivity index (χ4v) is 6.14. The van der Waals surface area contributed by atoms with Gasteiger partial charge < -0.3 is 27.9 Å². The molecule has 0 saturated carbocycles. The number of carbonyl (C=O) groups excluding carboxylic acids is 2. The second kappa shape index (κ2) is 39.6. The molecule has 0 rings (SSSR count). The first kappa shape index (κ1) is 55.2. The number of nitrogens with zero attached hydrogens (tertiary/aromatic N) is 1. The predicted octanol–water partition coefficient (Wildman–Crippen LogP) is 12.2. The molecule has 0 N–H and O–H groups in total. The first-order valence-electron chi connectivity index (χ1n) is 22.3. The summed E-state index contributed by atoms with van der Waals surface area (Å²) in [5.41, 5.74) is 0. The molecule has 0 bridgehead atoms. The predicted molar refractivity (Wildman–Crippen MR) is 240 cm³/mol. The van der Waals surface area contributed by atoms with Crippen LogP contribution in [-0.2, 0) is 32.7 Å². The van der Waals surface area contributed by atoms with Crippen LogP contribution < -0.4 is 4.89 Å². The molecule has 0 saturated heterocycles. The summed E-state index contributed by atoms with van der Waals surface area (Å²) in [6, 6.07) is 0. The van der Waals surface area contributed by atoms with Gasteiger partial charge in [0, 0.05) is 12.8 Å². The normalized spacial score (nSPS) is 14.4. The molecule has 0 radical (unpaired) electrons. The van der Waals surface area contributed by atoms with Crippen LogP contribution in [0.5, 0.6) is 0 Å². The number of hydrogen-bond donors (Lipinski definition) is 0. The van der Waals surface area contributed by atoms with Crippen LogP contribution in [0.4, 0.5) is 0 Å². The van der Waals surface area contributed by atoms with Crippen LogP contribution in [0.2, 0.25) is 0 Å². The Morgan fingerprint density at radius 3 is 1.50 bits per heavy atom. The van der Waals surface area contributed by atoms with Crippen molar-refractivity contribution in [3.8, 4) is 0 Å². The Morgan fingerprint density at radius 1 is 0.552 bits per heavy atom. The number of hydrogen-bond acceptors (Lipinski definition) is 8. The van der Waals surface area contributed by atoms with Crippen LogP contribution in [0.15, 0.2) is 85.1 Å². The fourth-order valence-electron chi connectivity index (χ4n) is 5.41. The van der Waals surface area contributed by atoms with E-state index in [2.05, 4.69) is 98.9 Å². The molecule has 9 nitrogen and oxygen atoms in total. The van der Waals surface area contributed by atoms with E-state index in [1.807, 2.05) is 21.1 Å². The third-order valence-electron chi connectivity index (χ3n) is 8.90. The Hall–Kier alpha value is -2.81. The summed E-state index contributed by atoms with van der Waals surface area (Å²) in [5.74, 6) is -0.919. The number of carbonyl (C=O) groups is 2. The third-order valence-corrected chi connectivity index (χ3v) is 9.86. The van der Waals surface area contributed by atoms with Crippen molar-refractivity contribution < 1.29 is 42.1 Å². The van der Waals surface area contributed by atoms with Crippen molar-refractivity contribution in [1.82, 2.24) is 0 Å². The third kappa shape index (κ3) is 42.8. The molecule has 10 heteroatoms. The molecule has 0 spiro atoms. The average molecular weight is 832 g/mol. The fraction of sp³-hybridized carbons (Fsp3) is 0.667. The lowest BCUT2D eigenvalue weighted by atomic mass is 10.1. The van der Waals surface area contributed by atoms with E-state index < -0.39 is 32.5 Å². The Bertz CT molecular complexity index is 1260. The summed E-state index contributed by atoms with van der Waals surface area (Å²) in [5, 5.41) is 0. The van der Waals surface area contributed by atoms with E-state index in [0.717, 1.165) is 77.0 Å². The molecule has 0 aliphatic heterocycles. The van der Waals surface area contributed by atoms with Gasteiger partial charge in [0.05, 0.1) is 27.7 Å². The first-order valence-corrected chi connectivity index (χ1v) is 23.8. The highest BCUT2D eigenvalue weighted by Gasteiger charge is 2.21. The van der Waals surface area contributed by atoms with E-state index in [1.54, 1.807) is 0 Å². The summed E-state index contributed by atoms with van der Waals surface area (Å²) in [7, 11) is 1.11. The number of allylic oxidation sites excluding steroid dienone is 14. The van der Waals surface area contributed by atoms with Crippen LogP contribution in [0.3, 0.4) is 0 Å². The van der Waals surface area contributed by atoms with E-state index in [4.69, 9.17) is 18.5 Å². The minimum atomic E-state index is -4.65. The molecule has 0 heterocycles. The molecule has 1 unspecified atom stereocenters. The molecule has 0 aromatic heterocycles. The van der Waals surface area contributed by atoms with Crippen molar-refractivity contribution in [2.75, 3.05) is 47.5 Å². The number of likely N-dealkylation sites (N-methyl/N-ethyl adjacent to an activating group) is 1. The maximum absolute atomic E-state index is 12.7. The van der Waals surface area contributed by atoms with Gasteiger partial charge in [0.25, 0.3) is 7.82 Å². The number of rotatable bonds is 39. The van der Waals surface area contributed by atoms with E-state index >= 15 is 0 Å². The molecular weight excluding hydrogens is 750 g/mol. The topological polar surface area (TPSA) is 111 Å². The Balaban J connectivity index is 4.49. The lowest BCUT2D eigenvalue weighted by molar-refractivity contribution is -0.870. The molecule has 0 aromatic rings. The number of esters is 2. The number of unbranched alkanes of at least 4 members (excludes halogenated alkanes) is 11. The molecule has 0 aromatic carbocycles. The first-order chi connectivity index (χ1) is 28.0. The molecular formula is C48H82NO8P. The molecule has 2 atom stereocenters. The number of ether oxygens (including phenoxy) is 2. The second-order valence-corrected chi connectivity index (χ2v) is 17.1. The molecule has 58 heavy (non-hydrogen) atoms. The van der Waals surface area contributed by atoms with Gasteiger partial charge in [-0.05, 0) is 89.9 Å². The van der Waals surface area contributed by atoms with Crippen LogP contribution in [-0.4, -0.2) is 70.0 Å². The molecule has 0 amide bonds. The van der Waals surface area contributed by atoms with E-state index in [9.17, 15) is 19.0 Å². The summed E-state index contributed by atoms with van der Waals surface area (Å²) in [6.45, 7) is 4.00. The van der Waals surface area contributed by atoms with Gasteiger partial charge in [-0.15, -0.1) is 0 Å². The summed E-state index contributed by atoms with van der Waals surface area (Å²) in [6.07, 6.45) is 50.4. The smallest absolute Gasteiger partial charge is 0.306 e. The minimum Gasteiger partial charge on any atom is -0.756 e. The van der Waals surface area contributed by atoms with Crippen LogP contribution in [0.1, 0.15) is 155 Å². The molecule has 0 fully saturated rings. The van der Waals surface area contributed by atoms with Gasteiger partial charge in [-0.1, -0.05) is 137 Å². The Labute approximate surface area is 354 Å². The van der Waals surface area contributed by atoms with Crippen molar-refractivity contribution in [3.05, 3.63) is 85.1 Å². The number of phosphoric ester groups is 1. The maximum Gasteiger partial charge on any atom is 0.306 e. The van der Waals surface area contributed by atoms with Crippen LogP contribution >= 0.6 is 7.82 Å². The quantitative estimate of drug-likeness (QED) is 0.0198. The lowest BCUT2D eigenvalue weighted by Gasteiger charge is -2.28. The van der Waals surface area contributed by atoms with E-state index in [0.29, 0.717) is 23.9 Å². The van der Waals surface area contributed by atoms with Gasteiger partial charge in [-0.2, -0.15) is 0 Å². The van der Waals surface area contributed by atoms with Gasteiger partial charge in [0.2, 0.25) is 0 Å². The summed E-state index contributed by atoms with van der Waals surface area (Å²) in [4.78, 5) is 37.5. The van der Waals surface area contributed by atoms with Crippen LogP contribution in [0.25, 0.3) is 0 Å². The van der Waals surface area contributed by atoms with Crippen molar-refractivity contribution in [2.45, 2.75) is 161 Å². The molecule has 332 valence electrons. The van der Waals surface area contributed by atoms with Crippen LogP contribution in [0, 0.1) is 0 Å². The Morgan fingerprint density at radius 2 is 0.983 bits per heavy atom. The minimum absolute atomic E-state index is 0.0471. The standard InChI is InChI=1S/C48H82NO8P/c1-6-8-10-12-14-16-18-20-22-23-24-25-27-29-31-33-35-37-39-41-48(51)57-46(45-56-58(52,53)55-43-42-49(3,4)5)44-54-47(50)40-38-36-34-32-30-28-26-21-19-17-15-13-11-9-7-2/h8,10,14,16,20-22,24-26,29-32,46H,6-7,9,11-13,15,17-19,23,27-28,33-45H2,1-5H3/b10-8+,16-14+,22-20+,25-24+,26-21+,31-29+,32-30+/t46-/m1/s1. The van der Waals surface area contributed by atoms with Gasteiger partial charge in [-0.3, -0.25) is 14.2 Å². The highest BCUT2D eigenvalue weighted by atomic mass is 31.2. The second-order valence-electron chi connectivity index (χ2n) is 15.7. The monoisotopic (exact) mass is 832 g/mol. The maximum atomic E-state index is 12.7. The van der Waals surface area contributed by atoms with Gasteiger partial charge in [0.15, 0.2) is 6.10 Å². The van der Waals surface area contributed by atoms with Gasteiger partial charge in [0.1, 0.15) is 19.8 Å². The van der Waals surface area contributed by atoms with E-state index in [-0.39, 0.29) is 26.1 Å². The van der Waals surface area contributed by atoms with Crippen molar-refractivity contribution in [2.24, 2.45) is 0 Å². The zero-order valence-electron chi connectivity index (χ0n) is 37.2. The zero-order chi connectivity index (χ0) is 42.8. The summed E-state index contributed by atoms with van der Waals surface area (Å²) >= 11 is 0. The van der Waals surface area contributed by atoms with Gasteiger partial charge in [-0.25, -0.2) is 0 Å². The van der Waals surface area contributed by atoms with Crippen molar-refractivity contribution in [3.63, 3.8) is 0 Å². The number of quaternary nitrogens is 1. The largest absolute Gasteiger partial charge is 0.756 e. The number of phosphoric acid groups is 1. The van der Waals surface area contributed by atoms with Crippen molar-refractivity contribution in [1.29, 1.82) is 0 Å². The molecule has 0 aliphatic carbocycles. The van der Waals surface area contributed by atoms with Gasteiger partial charge >= 0.3 is 11.9 Å². The molecule has 0 aliphatic rings. The average Bonchev–Trinajstić information content (AvgIpc) is 3.17. The highest BCUT2D eigenvalue weighted by Crippen LogP contribution is 2.38. The van der Waals surface area contributed by atoms with E-state index in [1.165, 1.54) is 38.5 Å². The highest BCUT2D eigenvalue weighted by molar-refractivity contribution is 7.45. The lowest BCUT2D eigenvalue weighted by Crippen LogP contribution is -2.37. The zero-order valence-corrected chi connectivity index (χ0v) is 38.1. The van der Waals surface area contributed by atoms with Crippen molar-refractivity contribution >= 4 is 19.8 Å². The SMILES string of the molecule is CC/C=C/C/C=C/C/C=C/C/C=C/C/C=C/CCCCCC(=O)O[C@H](COC(=O)CCCC/C=C/C/C=C/CCCCCCCC)COP(=O)([O-])OCC[N+](C)(C)C. The Kier molecular flexibility index (Phi) is 37.7. The summed E-state index contributed by atoms with van der Waals surface area (Å²) < 4.78 is 33.8.